The quantitative estimate of drug-likeness (QED) is 0.856. The molecule has 1 aromatic carbocycles. The van der Waals surface area contributed by atoms with Crippen molar-refractivity contribution in [3.05, 3.63) is 34.9 Å². The Morgan fingerprint density at radius 1 is 1.26 bits per heavy atom. The fourth-order valence-corrected chi connectivity index (χ4v) is 1.99. The number of rotatable bonds is 3. The lowest BCUT2D eigenvalue weighted by molar-refractivity contribution is -0.153. The highest BCUT2D eigenvalue weighted by atomic mass is 35.5. The summed E-state index contributed by atoms with van der Waals surface area (Å²) in [7, 11) is 0. The molecule has 108 valence electrons. The maximum atomic E-state index is 13.2. The molecule has 0 radical (unpaired) electrons. The van der Waals surface area contributed by atoms with Gasteiger partial charge in [0.1, 0.15) is 4.75 Å². The summed E-state index contributed by atoms with van der Waals surface area (Å²) in [4.78, 5) is 0. The van der Waals surface area contributed by atoms with Gasteiger partial charge < -0.3 is 4.55 Å². The summed E-state index contributed by atoms with van der Waals surface area (Å²) in [5, 5.41) is 0.259. The van der Waals surface area contributed by atoms with Crippen LogP contribution in [-0.4, -0.2) is 15.5 Å². The zero-order valence-corrected chi connectivity index (χ0v) is 12.2. The Kier molecular flexibility index (Phi) is 4.66. The van der Waals surface area contributed by atoms with E-state index in [-0.39, 0.29) is 10.6 Å². The van der Waals surface area contributed by atoms with Crippen molar-refractivity contribution in [2.45, 2.75) is 37.7 Å². The van der Waals surface area contributed by atoms with E-state index in [2.05, 4.69) is 0 Å². The predicted molar refractivity (Wildman–Crippen MR) is 71.3 cm³/mol. The average Bonchev–Trinajstić information content (AvgIpc) is 2.26. The summed E-state index contributed by atoms with van der Waals surface area (Å²) in [6.07, 6.45) is -4.93. The SMILES string of the molecule is [2H]C(N[S@+]([O-])C(C)(C)C)(c1ccc(Cl)cc1)C(F)(F)F. The Hall–Kier alpha value is -0.430. The summed E-state index contributed by atoms with van der Waals surface area (Å²) in [6.45, 7) is 4.57. The summed E-state index contributed by atoms with van der Waals surface area (Å²) in [5.41, 5.74) is -0.369. The van der Waals surface area contributed by atoms with Crippen molar-refractivity contribution >= 4 is 23.0 Å². The standard InChI is InChI=1S/C12H15ClF3NOS/c1-11(2,3)19(18)17-10(12(14,15)16)8-4-6-9(13)7-5-8/h4-7,10,17H,1-3H3/t10?,19-/m1/s1/i10D. The van der Waals surface area contributed by atoms with Gasteiger partial charge in [0.05, 0.1) is 1.37 Å². The van der Waals surface area contributed by atoms with E-state index in [1.807, 2.05) is 4.72 Å². The molecular formula is C12H15ClF3NOS. The number of hydrogen-bond donors (Lipinski definition) is 1. The van der Waals surface area contributed by atoms with Gasteiger partial charge in [-0.15, -0.1) is 4.72 Å². The van der Waals surface area contributed by atoms with Gasteiger partial charge in [-0.25, -0.2) is 0 Å². The topological polar surface area (TPSA) is 35.1 Å². The summed E-state index contributed by atoms with van der Waals surface area (Å²) >= 11 is 3.58. The van der Waals surface area contributed by atoms with Crippen molar-refractivity contribution in [3.63, 3.8) is 0 Å². The van der Waals surface area contributed by atoms with Crippen LogP contribution in [0.25, 0.3) is 0 Å². The number of nitrogens with one attached hydrogen (secondary N) is 1. The molecule has 0 spiro atoms. The normalized spacial score (nSPS) is 18.6. The van der Waals surface area contributed by atoms with Crippen LogP contribution in [0.1, 0.15) is 33.7 Å². The van der Waals surface area contributed by atoms with Crippen LogP contribution >= 0.6 is 11.6 Å². The number of halogens is 4. The van der Waals surface area contributed by atoms with Gasteiger partial charge in [0.25, 0.3) is 0 Å². The molecule has 0 aliphatic carbocycles. The zero-order chi connectivity index (χ0) is 15.8. The molecule has 0 heterocycles. The first-order valence-electron chi connectivity index (χ1n) is 5.90. The van der Waals surface area contributed by atoms with Crippen LogP contribution in [0.4, 0.5) is 13.2 Å². The monoisotopic (exact) mass is 314 g/mol. The molecule has 0 saturated heterocycles. The van der Waals surface area contributed by atoms with Gasteiger partial charge in [-0.05, 0) is 38.5 Å². The van der Waals surface area contributed by atoms with Crippen LogP contribution in [0.2, 0.25) is 5.02 Å². The second kappa shape index (κ2) is 5.91. The molecule has 1 aromatic rings. The lowest BCUT2D eigenvalue weighted by Crippen LogP contribution is -2.45. The fourth-order valence-electron chi connectivity index (χ4n) is 1.14. The molecule has 0 aliphatic rings. The minimum absolute atomic E-state index is 0.259. The van der Waals surface area contributed by atoms with Gasteiger partial charge in [0.2, 0.25) is 0 Å². The fraction of sp³-hybridized carbons (Fsp3) is 0.500. The molecule has 1 N–H and O–H groups in total. The van der Waals surface area contributed by atoms with Crippen molar-refractivity contribution in [3.8, 4) is 0 Å². The Morgan fingerprint density at radius 3 is 2.11 bits per heavy atom. The number of hydrogen-bond acceptors (Lipinski definition) is 2. The summed E-state index contributed by atoms with van der Waals surface area (Å²) < 4.78 is 60.3. The first-order chi connectivity index (χ1) is 8.88. The van der Waals surface area contributed by atoms with Gasteiger partial charge >= 0.3 is 6.18 Å². The molecule has 0 aliphatic heterocycles. The minimum atomic E-state index is -4.93. The first kappa shape index (κ1) is 15.0. The van der Waals surface area contributed by atoms with Gasteiger partial charge in [0, 0.05) is 16.4 Å². The average molecular weight is 315 g/mol. The van der Waals surface area contributed by atoms with Crippen molar-refractivity contribution in [1.82, 2.24) is 4.72 Å². The maximum Gasteiger partial charge on any atom is 0.412 e. The molecule has 0 fully saturated rings. The Balaban J connectivity index is 3.21. The Labute approximate surface area is 120 Å². The lowest BCUT2D eigenvalue weighted by atomic mass is 10.1. The third-order valence-corrected chi connectivity index (χ3v) is 3.92. The minimum Gasteiger partial charge on any atom is -0.598 e. The lowest BCUT2D eigenvalue weighted by Gasteiger charge is -2.29. The molecule has 1 unspecified atom stereocenters. The maximum absolute atomic E-state index is 13.2. The molecule has 2 nitrogen and oxygen atoms in total. The smallest absolute Gasteiger partial charge is 0.412 e. The first-order valence-corrected chi connectivity index (χ1v) is 6.93. The summed E-state index contributed by atoms with van der Waals surface area (Å²) in [6, 6.07) is 1.54. The van der Waals surface area contributed by atoms with E-state index >= 15 is 0 Å². The van der Waals surface area contributed by atoms with Crippen LogP contribution in [0.5, 0.6) is 0 Å². The number of benzene rings is 1. The van der Waals surface area contributed by atoms with Crippen LogP contribution in [0.15, 0.2) is 24.3 Å². The van der Waals surface area contributed by atoms with E-state index in [0.717, 1.165) is 12.1 Å². The third kappa shape index (κ3) is 4.87. The molecule has 0 saturated carbocycles. The Morgan fingerprint density at radius 2 is 1.74 bits per heavy atom. The van der Waals surface area contributed by atoms with E-state index in [4.69, 9.17) is 13.0 Å². The van der Waals surface area contributed by atoms with E-state index in [9.17, 15) is 17.7 Å². The molecule has 1 rings (SSSR count). The van der Waals surface area contributed by atoms with Gasteiger partial charge in [0.15, 0.2) is 6.02 Å². The zero-order valence-electron chi connectivity index (χ0n) is 11.6. The molecule has 7 heteroatoms. The molecule has 0 aromatic heterocycles. The van der Waals surface area contributed by atoms with Crippen molar-refractivity contribution in [1.29, 1.82) is 0 Å². The van der Waals surface area contributed by atoms with E-state index in [1.165, 1.54) is 32.9 Å². The van der Waals surface area contributed by atoms with Crippen molar-refractivity contribution < 1.29 is 19.1 Å². The number of alkyl halides is 3. The van der Waals surface area contributed by atoms with Crippen LogP contribution in [0.3, 0.4) is 0 Å². The van der Waals surface area contributed by atoms with E-state index in [1.54, 1.807) is 0 Å². The third-order valence-electron chi connectivity index (χ3n) is 2.17. The van der Waals surface area contributed by atoms with Crippen LogP contribution < -0.4 is 4.72 Å². The van der Waals surface area contributed by atoms with Crippen molar-refractivity contribution in [2.24, 2.45) is 0 Å². The summed E-state index contributed by atoms with van der Waals surface area (Å²) in [5.74, 6) is 0. The highest BCUT2D eigenvalue weighted by Gasteiger charge is 2.45. The van der Waals surface area contributed by atoms with E-state index in [0.29, 0.717) is 0 Å². The van der Waals surface area contributed by atoms with Crippen LogP contribution in [0, 0.1) is 0 Å². The van der Waals surface area contributed by atoms with E-state index < -0.39 is 28.3 Å². The van der Waals surface area contributed by atoms with Crippen molar-refractivity contribution in [2.75, 3.05) is 0 Å². The molecule has 19 heavy (non-hydrogen) atoms. The van der Waals surface area contributed by atoms with Gasteiger partial charge in [-0.1, -0.05) is 23.7 Å². The van der Waals surface area contributed by atoms with Gasteiger partial charge in [-0.3, -0.25) is 0 Å². The largest absolute Gasteiger partial charge is 0.598 e. The molecule has 2 atom stereocenters. The molecule has 0 amide bonds. The highest BCUT2D eigenvalue weighted by Crippen LogP contribution is 2.34. The highest BCUT2D eigenvalue weighted by molar-refractivity contribution is 7.90. The second-order valence-corrected chi connectivity index (χ2v) is 7.27. The Bertz CT molecular complexity index is 463. The second-order valence-electron chi connectivity index (χ2n) is 4.86. The van der Waals surface area contributed by atoms with Crippen LogP contribution in [-0.2, 0) is 11.4 Å². The van der Waals surface area contributed by atoms with Gasteiger partial charge in [-0.2, -0.15) is 13.2 Å². The predicted octanol–water partition coefficient (Wildman–Crippen LogP) is 4.00. The molecular weight excluding hydrogens is 299 g/mol. The molecule has 0 bridgehead atoms.